The van der Waals surface area contributed by atoms with E-state index in [1.54, 1.807) is 18.2 Å². The molecule has 1 aliphatic carbocycles. The Balaban J connectivity index is 1.15. The van der Waals surface area contributed by atoms with E-state index in [2.05, 4.69) is 41.4 Å². The van der Waals surface area contributed by atoms with E-state index in [1.165, 1.54) is 34.6 Å². The first-order valence-corrected chi connectivity index (χ1v) is 10.8. The molecule has 4 aromatic rings. The third-order valence-corrected chi connectivity index (χ3v) is 5.76. The third kappa shape index (κ3) is 4.24. The van der Waals surface area contributed by atoms with Gasteiger partial charge < -0.3 is 14.5 Å². The van der Waals surface area contributed by atoms with Crippen LogP contribution in [0.15, 0.2) is 88.3 Å². The van der Waals surface area contributed by atoms with Crippen molar-refractivity contribution in [1.29, 1.82) is 0 Å². The van der Waals surface area contributed by atoms with Crippen molar-refractivity contribution in [2.75, 3.05) is 13.2 Å². The van der Waals surface area contributed by atoms with E-state index in [1.807, 2.05) is 24.3 Å². The van der Waals surface area contributed by atoms with E-state index in [9.17, 15) is 9.59 Å². The number of ether oxygens (including phenoxy) is 1. The lowest BCUT2D eigenvalue weighted by atomic mass is 9.98. The first kappa shape index (κ1) is 20.6. The Labute approximate surface area is 191 Å². The molecule has 0 saturated carbocycles. The molecule has 0 spiro atoms. The minimum atomic E-state index is -0.457. The highest BCUT2D eigenvalue weighted by molar-refractivity contribution is 5.79. The molecule has 1 aromatic heterocycles. The molecule has 5 rings (SSSR count). The minimum Gasteiger partial charge on any atom is -0.464 e. The van der Waals surface area contributed by atoms with E-state index < -0.39 is 6.09 Å². The largest absolute Gasteiger partial charge is 0.464 e. The molecule has 1 N–H and O–H groups in total. The number of rotatable bonds is 4. The maximum absolute atomic E-state index is 12.2. The molecule has 0 saturated heterocycles. The van der Waals surface area contributed by atoms with E-state index >= 15 is 0 Å². The van der Waals surface area contributed by atoms with Crippen molar-refractivity contribution in [1.82, 2.24) is 5.32 Å². The smallest absolute Gasteiger partial charge is 0.407 e. The van der Waals surface area contributed by atoms with Crippen LogP contribution in [0.3, 0.4) is 0 Å². The maximum Gasteiger partial charge on any atom is 0.407 e. The molecule has 0 radical (unpaired) electrons. The number of alkyl carbamates (subject to hydrolysis) is 1. The molecule has 5 nitrogen and oxygen atoms in total. The van der Waals surface area contributed by atoms with E-state index in [4.69, 9.17) is 9.15 Å². The summed E-state index contributed by atoms with van der Waals surface area (Å²) in [5, 5.41) is 3.25. The number of carbonyl (C=O) groups is 1. The summed E-state index contributed by atoms with van der Waals surface area (Å²) in [6.07, 6.45) is 1.39. The van der Waals surface area contributed by atoms with Gasteiger partial charge in [0.15, 0.2) is 5.43 Å². The molecule has 0 unspecified atom stereocenters. The zero-order valence-corrected chi connectivity index (χ0v) is 17.8. The van der Waals surface area contributed by atoms with Gasteiger partial charge in [0, 0.05) is 30.5 Å². The van der Waals surface area contributed by atoms with E-state index in [0.29, 0.717) is 23.9 Å². The van der Waals surface area contributed by atoms with Crippen molar-refractivity contribution >= 4 is 17.1 Å². The molecule has 1 aliphatic rings. The van der Waals surface area contributed by atoms with Crippen LogP contribution in [0.25, 0.3) is 22.1 Å². The summed E-state index contributed by atoms with van der Waals surface area (Å²) in [7, 11) is 0. The van der Waals surface area contributed by atoms with Crippen molar-refractivity contribution in [3.63, 3.8) is 0 Å². The highest BCUT2D eigenvalue weighted by Gasteiger charge is 2.28. The number of fused-ring (bicyclic) bond motifs is 4. The van der Waals surface area contributed by atoms with Gasteiger partial charge in [-0.2, -0.15) is 0 Å². The number of amides is 1. The fourth-order valence-electron chi connectivity index (χ4n) is 4.20. The Hall–Kier alpha value is -4.30. The number of benzene rings is 3. The van der Waals surface area contributed by atoms with Gasteiger partial charge in [0.25, 0.3) is 0 Å². The third-order valence-electron chi connectivity index (χ3n) is 5.76. The van der Waals surface area contributed by atoms with Crippen LogP contribution in [-0.2, 0) is 4.74 Å². The molecule has 162 valence electrons. The number of nitrogens with one attached hydrogen (secondary N) is 1. The summed E-state index contributed by atoms with van der Waals surface area (Å²) >= 11 is 0. The lowest BCUT2D eigenvalue weighted by molar-refractivity contribution is 0.143. The van der Waals surface area contributed by atoms with Crippen LogP contribution in [0.5, 0.6) is 0 Å². The zero-order valence-electron chi connectivity index (χ0n) is 17.8. The molecule has 0 bridgehead atoms. The predicted molar refractivity (Wildman–Crippen MR) is 127 cm³/mol. The van der Waals surface area contributed by atoms with Crippen LogP contribution in [-0.4, -0.2) is 19.2 Å². The summed E-state index contributed by atoms with van der Waals surface area (Å²) in [6, 6.07) is 23.1. The number of carbonyl (C=O) groups excluding carboxylic acids is 1. The fraction of sp³-hybridized carbons (Fsp3) is 0.143. The highest BCUT2D eigenvalue weighted by Crippen LogP contribution is 2.44. The first-order chi connectivity index (χ1) is 16.2. The predicted octanol–water partition coefficient (Wildman–Crippen LogP) is 5.07. The van der Waals surface area contributed by atoms with Gasteiger partial charge in [0.2, 0.25) is 0 Å². The average Bonchev–Trinajstić information content (AvgIpc) is 3.17. The monoisotopic (exact) mass is 435 g/mol. The summed E-state index contributed by atoms with van der Waals surface area (Å²) in [6.45, 7) is 0.657. The molecule has 0 aliphatic heterocycles. The van der Waals surface area contributed by atoms with Gasteiger partial charge in [-0.15, -0.1) is 0 Å². The molecule has 1 amide bonds. The average molecular weight is 435 g/mol. The van der Waals surface area contributed by atoms with Crippen LogP contribution in [0.4, 0.5) is 4.79 Å². The molecule has 5 heteroatoms. The SMILES string of the molecule is O=C(NCCC#Cc1ccc2occc(=O)c2c1)OCC1c2ccccc2-c2ccccc21. The van der Waals surface area contributed by atoms with Crippen molar-refractivity contribution < 1.29 is 13.9 Å². The Morgan fingerprint density at radius 3 is 2.45 bits per heavy atom. The minimum absolute atomic E-state index is 0.0356. The van der Waals surface area contributed by atoms with Gasteiger partial charge in [-0.05, 0) is 40.5 Å². The second kappa shape index (κ2) is 9.05. The molecular formula is C28H21NO4. The van der Waals surface area contributed by atoms with Crippen molar-refractivity contribution in [3.05, 3.63) is 106 Å². The molecular weight excluding hydrogens is 414 g/mol. The molecule has 33 heavy (non-hydrogen) atoms. The summed E-state index contributed by atoms with van der Waals surface area (Å²) in [4.78, 5) is 24.1. The summed E-state index contributed by atoms with van der Waals surface area (Å²) < 4.78 is 10.8. The Morgan fingerprint density at radius 2 is 1.70 bits per heavy atom. The quantitative estimate of drug-likeness (QED) is 0.359. The molecule has 0 atom stereocenters. The lowest BCUT2D eigenvalue weighted by Crippen LogP contribution is -2.26. The normalized spacial score (nSPS) is 11.9. The van der Waals surface area contributed by atoms with Gasteiger partial charge in [0.05, 0.1) is 11.6 Å². The van der Waals surface area contributed by atoms with Gasteiger partial charge in [0.1, 0.15) is 12.2 Å². The number of hydrogen-bond acceptors (Lipinski definition) is 4. The van der Waals surface area contributed by atoms with Gasteiger partial charge >= 0.3 is 6.09 Å². The van der Waals surface area contributed by atoms with Gasteiger partial charge in [-0.3, -0.25) is 4.79 Å². The van der Waals surface area contributed by atoms with E-state index in [-0.39, 0.29) is 18.0 Å². The van der Waals surface area contributed by atoms with Crippen molar-refractivity contribution in [2.45, 2.75) is 12.3 Å². The van der Waals surface area contributed by atoms with Crippen molar-refractivity contribution in [3.8, 4) is 23.0 Å². The maximum atomic E-state index is 12.2. The summed E-state index contributed by atoms with van der Waals surface area (Å²) in [5.41, 5.74) is 5.92. The van der Waals surface area contributed by atoms with E-state index in [0.717, 1.165) is 5.56 Å². The first-order valence-electron chi connectivity index (χ1n) is 10.8. The molecule has 1 heterocycles. The molecule has 0 fully saturated rings. The standard InChI is InChI=1S/C28H21NO4/c30-26-14-16-32-27-13-12-19(17-24(26)27)7-5-6-15-29-28(31)33-18-25-22-10-3-1-8-20(22)21-9-2-4-11-23(21)25/h1-4,8-14,16-17,25H,6,15,18H2,(H,29,31). The zero-order chi connectivity index (χ0) is 22.6. The van der Waals surface area contributed by atoms with Gasteiger partial charge in [-0.25, -0.2) is 4.79 Å². The second-order valence-corrected chi connectivity index (χ2v) is 7.80. The van der Waals surface area contributed by atoms with Gasteiger partial charge in [-0.1, -0.05) is 60.4 Å². The van der Waals surface area contributed by atoms with Crippen LogP contribution in [0.2, 0.25) is 0 Å². The molecule has 3 aromatic carbocycles. The van der Waals surface area contributed by atoms with Crippen LogP contribution >= 0.6 is 0 Å². The Kier molecular flexibility index (Phi) is 5.65. The second-order valence-electron chi connectivity index (χ2n) is 7.80. The van der Waals surface area contributed by atoms with Crippen LogP contribution in [0, 0.1) is 11.8 Å². The fourth-order valence-corrected chi connectivity index (χ4v) is 4.20. The lowest BCUT2D eigenvalue weighted by Gasteiger charge is -2.14. The highest BCUT2D eigenvalue weighted by atomic mass is 16.5. The Morgan fingerprint density at radius 1 is 0.970 bits per heavy atom. The van der Waals surface area contributed by atoms with Crippen LogP contribution in [0.1, 0.15) is 29.0 Å². The summed E-state index contributed by atoms with van der Waals surface area (Å²) in [5.74, 6) is 6.06. The number of hydrogen-bond donors (Lipinski definition) is 1. The van der Waals surface area contributed by atoms with Crippen molar-refractivity contribution in [2.24, 2.45) is 0 Å². The van der Waals surface area contributed by atoms with Crippen LogP contribution < -0.4 is 10.7 Å². The Bertz CT molecular complexity index is 1410. The topological polar surface area (TPSA) is 68.5 Å².